The molecule has 0 bridgehead atoms. The van der Waals surface area contributed by atoms with E-state index in [1.54, 1.807) is 18.2 Å². The third kappa shape index (κ3) is 29.2. The molecule has 0 heterocycles. The summed E-state index contributed by atoms with van der Waals surface area (Å²) < 4.78 is 11.2. The van der Waals surface area contributed by atoms with Crippen molar-refractivity contribution in [1.29, 1.82) is 0 Å². The standard InChI is InChI=1S/C45H72O6/c1-3-5-7-9-11-13-15-17-19-21-23-25-27-29-31-33-44(48)50-41-37-35-40(36-38-43(46)47)39-42(41)51-45(49)34-32-30-28-26-24-22-20-18-16-14-12-10-8-6-4-2/h17-20,35-39H,3-16,21-34H2,1-2H3,(H,46,47)/b19-17-,20-18-,38-36+. The van der Waals surface area contributed by atoms with Gasteiger partial charge in [0.2, 0.25) is 0 Å². The maximum atomic E-state index is 12.7. The molecule has 0 aromatic heterocycles. The topological polar surface area (TPSA) is 89.9 Å². The van der Waals surface area contributed by atoms with Gasteiger partial charge < -0.3 is 14.6 Å². The Bertz CT molecular complexity index is 1120. The molecular formula is C45H72O6. The van der Waals surface area contributed by atoms with E-state index >= 15 is 0 Å². The number of ether oxygens (including phenoxy) is 2. The first kappa shape index (κ1) is 45.9. The summed E-state index contributed by atoms with van der Waals surface area (Å²) >= 11 is 0. The molecular weight excluding hydrogens is 636 g/mol. The maximum Gasteiger partial charge on any atom is 0.328 e. The lowest BCUT2D eigenvalue weighted by Gasteiger charge is -2.12. The van der Waals surface area contributed by atoms with Gasteiger partial charge >= 0.3 is 17.9 Å². The van der Waals surface area contributed by atoms with Crippen LogP contribution in [0.4, 0.5) is 0 Å². The highest BCUT2D eigenvalue weighted by Crippen LogP contribution is 2.30. The summed E-state index contributed by atoms with van der Waals surface area (Å²) in [4.78, 5) is 36.3. The second-order valence-electron chi connectivity index (χ2n) is 14.0. The largest absolute Gasteiger partial charge is 0.478 e. The highest BCUT2D eigenvalue weighted by molar-refractivity contribution is 5.85. The van der Waals surface area contributed by atoms with E-state index in [1.807, 2.05) is 0 Å². The van der Waals surface area contributed by atoms with Crippen molar-refractivity contribution in [3.63, 3.8) is 0 Å². The number of benzene rings is 1. The third-order valence-electron chi connectivity index (χ3n) is 9.12. The fourth-order valence-corrected chi connectivity index (χ4v) is 5.99. The van der Waals surface area contributed by atoms with E-state index in [0.717, 1.165) is 70.3 Å². The van der Waals surface area contributed by atoms with Crippen LogP contribution < -0.4 is 9.47 Å². The summed E-state index contributed by atoms with van der Waals surface area (Å²) in [5, 5.41) is 9.01. The van der Waals surface area contributed by atoms with Gasteiger partial charge in [0.25, 0.3) is 0 Å². The van der Waals surface area contributed by atoms with Crippen LogP contribution in [-0.4, -0.2) is 23.0 Å². The van der Waals surface area contributed by atoms with Gasteiger partial charge in [0.1, 0.15) is 0 Å². The second kappa shape index (κ2) is 34.0. The number of hydrogen-bond donors (Lipinski definition) is 1. The van der Waals surface area contributed by atoms with E-state index in [9.17, 15) is 14.4 Å². The molecule has 0 atom stereocenters. The van der Waals surface area contributed by atoms with Crippen LogP contribution in [0, 0.1) is 0 Å². The molecule has 0 aliphatic heterocycles. The molecule has 6 nitrogen and oxygen atoms in total. The number of carboxylic acids is 1. The van der Waals surface area contributed by atoms with E-state index in [1.165, 1.54) is 109 Å². The van der Waals surface area contributed by atoms with Crippen LogP contribution in [0.1, 0.15) is 199 Å². The first-order chi connectivity index (χ1) is 25.0. The molecule has 0 aliphatic rings. The van der Waals surface area contributed by atoms with Gasteiger partial charge in [-0.05, 0) is 88.0 Å². The van der Waals surface area contributed by atoms with Crippen LogP contribution in [-0.2, 0) is 14.4 Å². The van der Waals surface area contributed by atoms with E-state index in [2.05, 4.69) is 38.2 Å². The first-order valence-corrected chi connectivity index (χ1v) is 20.7. The van der Waals surface area contributed by atoms with E-state index in [4.69, 9.17) is 14.6 Å². The highest BCUT2D eigenvalue weighted by atomic mass is 16.6. The van der Waals surface area contributed by atoms with Crippen LogP contribution in [0.2, 0.25) is 0 Å². The predicted octanol–water partition coefficient (Wildman–Crippen LogP) is 13.7. The van der Waals surface area contributed by atoms with E-state index < -0.39 is 5.97 Å². The summed E-state index contributed by atoms with van der Waals surface area (Å²) in [7, 11) is 0. The van der Waals surface area contributed by atoms with E-state index in [-0.39, 0.29) is 29.9 Å². The molecule has 288 valence electrons. The Kier molecular flexibility index (Phi) is 30.5. The number of allylic oxidation sites excluding steroid dienone is 4. The van der Waals surface area contributed by atoms with Crippen LogP contribution in [0.5, 0.6) is 11.5 Å². The molecule has 6 heteroatoms. The predicted molar refractivity (Wildman–Crippen MR) is 213 cm³/mol. The number of aliphatic carboxylic acids is 1. The van der Waals surface area contributed by atoms with Crippen molar-refractivity contribution in [1.82, 2.24) is 0 Å². The minimum absolute atomic E-state index is 0.137. The molecule has 1 aromatic rings. The minimum Gasteiger partial charge on any atom is -0.478 e. The Labute approximate surface area is 311 Å². The van der Waals surface area contributed by atoms with Gasteiger partial charge in [-0.3, -0.25) is 9.59 Å². The highest BCUT2D eigenvalue weighted by Gasteiger charge is 2.15. The van der Waals surface area contributed by atoms with Gasteiger partial charge in [0.05, 0.1) is 0 Å². The number of carbonyl (C=O) groups is 3. The molecule has 0 amide bonds. The lowest BCUT2D eigenvalue weighted by atomic mass is 10.1. The van der Waals surface area contributed by atoms with Gasteiger partial charge in [0, 0.05) is 18.9 Å². The molecule has 1 rings (SSSR count). The van der Waals surface area contributed by atoms with Gasteiger partial charge in [0.15, 0.2) is 11.5 Å². The number of esters is 2. The van der Waals surface area contributed by atoms with Crippen molar-refractivity contribution in [2.45, 2.75) is 194 Å². The molecule has 1 N–H and O–H groups in total. The summed E-state index contributed by atoms with van der Waals surface area (Å²) in [6.07, 6.45) is 43.1. The lowest BCUT2D eigenvalue weighted by Crippen LogP contribution is -2.12. The monoisotopic (exact) mass is 709 g/mol. The molecule has 0 unspecified atom stereocenters. The van der Waals surface area contributed by atoms with Crippen molar-refractivity contribution in [2.75, 3.05) is 0 Å². The molecule has 0 saturated carbocycles. The smallest absolute Gasteiger partial charge is 0.328 e. The Morgan fingerprint density at radius 3 is 1.29 bits per heavy atom. The number of carbonyl (C=O) groups excluding carboxylic acids is 2. The zero-order valence-electron chi connectivity index (χ0n) is 32.5. The van der Waals surface area contributed by atoms with Crippen molar-refractivity contribution >= 4 is 24.0 Å². The van der Waals surface area contributed by atoms with Crippen LogP contribution in [0.25, 0.3) is 6.08 Å². The number of rotatable bonds is 34. The Hall–Kier alpha value is -3.15. The fourth-order valence-electron chi connectivity index (χ4n) is 5.99. The third-order valence-corrected chi connectivity index (χ3v) is 9.12. The molecule has 0 spiro atoms. The first-order valence-electron chi connectivity index (χ1n) is 20.7. The van der Waals surface area contributed by atoms with Gasteiger partial charge in [-0.15, -0.1) is 0 Å². The SMILES string of the molecule is CCCCCCCC/C=C\CCCCCCCC(=O)Oc1ccc(/C=C/C(=O)O)cc1OC(=O)CCCCCCC/C=C\CCCCCCCC. The maximum absolute atomic E-state index is 12.7. The van der Waals surface area contributed by atoms with Gasteiger partial charge in [-0.2, -0.15) is 0 Å². The average Bonchev–Trinajstić information content (AvgIpc) is 3.11. The van der Waals surface area contributed by atoms with Gasteiger partial charge in [-0.1, -0.05) is 147 Å². The number of hydrogen-bond acceptors (Lipinski definition) is 5. The van der Waals surface area contributed by atoms with Gasteiger partial charge in [-0.25, -0.2) is 4.79 Å². The van der Waals surface area contributed by atoms with Crippen molar-refractivity contribution in [2.24, 2.45) is 0 Å². The zero-order chi connectivity index (χ0) is 37.0. The normalized spacial score (nSPS) is 11.6. The molecule has 51 heavy (non-hydrogen) atoms. The molecule has 0 aliphatic carbocycles. The Morgan fingerprint density at radius 2 is 0.882 bits per heavy atom. The van der Waals surface area contributed by atoms with Crippen LogP contribution in [0.15, 0.2) is 48.6 Å². The molecule has 0 fully saturated rings. The summed E-state index contributed by atoms with van der Waals surface area (Å²) in [6, 6.07) is 4.75. The lowest BCUT2D eigenvalue weighted by molar-refractivity contribution is -0.137. The van der Waals surface area contributed by atoms with Crippen molar-refractivity contribution < 1.29 is 29.0 Å². The molecule has 0 saturated heterocycles. The minimum atomic E-state index is -1.08. The number of unbranched alkanes of at least 4 members (excludes halogenated alkanes) is 22. The van der Waals surface area contributed by atoms with Crippen LogP contribution in [0.3, 0.4) is 0 Å². The number of carboxylic acid groups (broad SMARTS) is 1. The second-order valence-corrected chi connectivity index (χ2v) is 14.0. The summed E-state index contributed by atoms with van der Waals surface area (Å²) in [5.74, 6) is -1.51. The fraction of sp³-hybridized carbons (Fsp3) is 0.667. The Balaban J connectivity index is 2.32. The van der Waals surface area contributed by atoms with Crippen molar-refractivity contribution in [3.05, 3.63) is 54.1 Å². The zero-order valence-corrected chi connectivity index (χ0v) is 32.5. The Morgan fingerprint density at radius 1 is 0.510 bits per heavy atom. The van der Waals surface area contributed by atoms with E-state index in [0.29, 0.717) is 12.0 Å². The molecule has 0 radical (unpaired) electrons. The van der Waals surface area contributed by atoms with Crippen molar-refractivity contribution in [3.8, 4) is 11.5 Å². The molecule has 1 aromatic carbocycles. The summed E-state index contributed by atoms with van der Waals surface area (Å²) in [6.45, 7) is 4.50. The average molecular weight is 709 g/mol. The quantitative estimate of drug-likeness (QED) is 0.0252. The van der Waals surface area contributed by atoms with Crippen LogP contribution >= 0.6 is 0 Å². The summed E-state index contributed by atoms with van der Waals surface area (Å²) in [5.41, 5.74) is 0.540.